The molecule has 16 heavy (non-hydrogen) atoms. The lowest BCUT2D eigenvalue weighted by atomic mass is 10.1. The highest BCUT2D eigenvalue weighted by molar-refractivity contribution is 5.95. The van der Waals surface area contributed by atoms with E-state index in [0.717, 1.165) is 6.42 Å². The molecule has 0 unspecified atom stereocenters. The Morgan fingerprint density at radius 1 is 1.44 bits per heavy atom. The second-order valence-electron chi connectivity index (χ2n) is 4.52. The van der Waals surface area contributed by atoms with Crippen molar-refractivity contribution in [3.63, 3.8) is 0 Å². The summed E-state index contributed by atoms with van der Waals surface area (Å²) in [7, 11) is 0. The van der Waals surface area contributed by atoms with E-state index in [1.807, 2.05) is 20.8 Å². The zero-order valence-corrected chi connectivity index (χ0v) is 10.3. The van der Waals surface area contributed by atoms with Crippen molar-refractivity contribution in [1.82, 2.24) is 0 Å². The Bertz CT molecular complexity index is 397. The molecule has 1 aromatic rings. The Morgan fingerprint density at radius 3 is 2.56 bits per heavy atom. The molecule has 0 aliphatic rings. The molecule has 3 nitrogen and oxygen atoms in total. The van der Waals surface area contributed by atoms with E-state index in [4.69, 9.17) is 10.5 Å². The largest absolute Gasteiger partial charge is 0.486 e. The summed E-state index contributed by atoms with van der Waals surface area (Å²) in [5.74, 6) is 0.596. The van der Waals surface area contributed by atoms with Gasteiger partial charge in [0.1, 0.15) is 11.4 Å². The van der Waals surface area contributed by atoms with E-state index in [1.165, 1.54) is 6.92 Å². The van der Waals surface area contributed by atoms with Crippen LogP contribution in [0.2, 0.25) is 0 Å². The van der Waals surface area contributed by atoms with Gasteiger partial charge in [-0.1, -0.05) is 6.92 Å². The molecule has 88 valence electrons. The van der Waals surface area contributed by atoms with Crippen LogP contribution in [0.5, 0.6) is 5.75 Å². The zero-order valence-electron chi connectivity index (χ0n) is 10.3. The number of nitrogen functional groups attached to an aromatic ring is 1. The van der Waals surface area contributed by atoms with Crippen LogP contribution in [0.25, 0.3) is 0 Å². The zero-order chi connectivity index (χ0) is 12.3. The molecule has 1 rings (SSSR count). The highest BCUT2D eigenvalue weighted by Gasteiger charge is 2.18. The van der Waals surface area contributed by atoms with Crippen LogP contribution < -0.4 is 10.5 Å². The molecular weight excluding hydrogens is 202 g/mol. The smallest absolute Gasteiger partial charge is 0.159 e. The molecule has 0 bridgehead atoms. The van der Waals surface area contributed by atoms with E-state index in [2.05, 4.69) is 0 Å². The van der Waals surface area contributed by atoms with E-state index >= 15 is 0 Å². The Kier molecular flexibility index (Phi) is 3.58. The third-order valence-electron chi connectivity index (χ3n) is 2.66. The van der Waals surface area contributed by atoms with Crippen LogP contribution in [0.3, 0.4) is 0 Å². The van der Waals surface area contributed by atoms with Gasteiger partial charge in [0.15, 0.2) is 5.78 Å². The fourth-order valence-corrected chi connectivity index (χ4v) is 1.21. The fraction of sp³-hybridized carbons (Fsp3) is 0.462. The third-order valence-corrected chi connectivity index (χ3v) is 2.66. The van der Waals surface area contributed by atoms with Crippen LogP contribution >= 0.6 is 0 Å². The first-order chi connectivity index (χ1) is 7.35. The van der Waals surface area contributed by atoms with Crippen LogP contribution in [0, 0.1) is 0 Å². The molecule has 0 aliphatic carbocycles. The number of Topliss-reactive ketones (excluding diaryl/α,β-unsaturated/α-hetero) is 1. The SMILES string of the molecule is CCC(C)(C)Oc1cc(C(C)=O)ccc1N. The van der Waals surface area contributed by atoms with Crippen molar-refractivity contribution in [3.8, 4) is 5.75 Å². The van der Waals surface area contributed by atoms with Crippen molar-refractivity contribution in [2.75, 3.05) is 5.73 Å². The van der Waals surface area contributed by atoms with E-state index in [0.29, 0.717) is 17.0 Å². The standard InChI is InChI=1S/C13H19NO2/c1-5-13(3,4)16-12-8-10(9(2)15)6-7-11(12)14/h6-8H,5,14H2,1-4H3. The maximum absolute atomic E-state index is 11.2. The van der Waals surface area contributed by atoms with Crippen molar-refractivity contribution in [2.45, 2.75) is 39.7 Å². The predicted molar refractivity (Wildman–Crippen MR) is 65.9 cm³/mol. The van der Waals surface area contributed by atoms with Gasteiger partial charge in [-0.15, -0.1) is 0 Å². The van der Waals surface area contributed by atoms with Gasteiger partial charge in [-0.05, 0) is 45.4 Å². The molecule has 0 aliphatic heterocycles. The summed E-state index contributed by atoms with van der Waals surface area (Å²) < 4.78 is 5.80. The van der Waals surface area contributed by atoms with Gasteiger partial charge < -0.3 is 10.5 Å². The number of hydrogen-bond acceptors (Lipinski definition) is 3. The Balaban J connectivity index is 3.03. The Morgan fingerprint density at radius 2 is 2.06 bits per heavy atom. The number of benzene rings is 1. The molecule has 0 radical (unpaired) electrons. The summed E-state index contributed by atoms with van der Waals surface area (Å²) >= 11 is 0. The van der Waals surface area contributed by atoms with E-state index in [1.54, 1.807) is 18.2 Å². The van der Waals surface area contributed by atoms with Gasteiger partial charge in [-0.25, -0.2) is 0 Å². The molecule has 0 spiro atoms. The van der Waals surface area contributed by atoms with Crippen molar-refractivity contribution in [1.29, 1.82) is 0 Å². The number of anilines is 1. The maximum atomic E-state index is 11.2. The third kappa shape index (κ3) is 2.99. The molecule has 3 heteroatoms. The summed E-state index contributed by atoms with van der Waals surface area (Å²) in [5, 5.41) is 0. The highest BCUT2D eigenvalue weighted by atomic mass is 16.5. The number of ether oxygens (including phenoxy) is 1. The van der Waals surface area contributed by atoms with Crippen molar-refractivity contribution >= 4 is 11.5 Å². The first-order valence-corrected chi connectivity index (χ1v) is 5.45. The molecule has 2 N–H and O–H groups in total. The quantitative estimate of drug-likeness (QED) is 0.628. The minimum absolute atomic E-state index is 0.0131. The average Bonchev–Trinajstić information content (AvgIpc) is 2.21. The number of rotatable bonds is 4. The Hall–Kier alpha value is -1.51. The van der Waals surface area contributed by atoms with Crippen LogP contribution in [0.1, 0.15) is 44.5 Å². The summed E-state index contributed by atoms with van der Waals surface area (Å²) in [6.07, 6.45) is 0.872. The first kappa shape index (κ1) is 12.6. The van der Waals surface area contributed by atoms with Gasteiger partial charge in [0.2, 0.25) is 0 Å². The van der Waals surface area contributed by atoms with E-state index < -0.39 is 0 Å². The van der Waals surface area contributed by atoms with Gasteiger partial charge >= 0.3 is 0 Å². The normalized spacial score (nSPS) is 11.2. The fourth-order valence-electron chi connectivity index (χ4n) is 1.21. The van der Waals surface area contributed by atoms with Gasteiger partial charge in [0.05, 0.1) is 5.69 Å². The number of ketones is 1. The lowest BCUT2D eigenvalue weighted by Gasteiger charge is -2.25. The minimum Gasteiger partial charge on any atom is -0.486 e. The molecule has 1 aromatic carbocycles. The minimum atomic E-state index is -0.274. The molecule has 0 atom stereocenters. The molecule has 0 fully saturated rings. The second kappa shape index (κ2) is 4.56. The van der Waals surface area contributed by atoms with Crippen LogP contribution in [-0.2, 0) is 0 Å². The van der Waals surface area contributed by atoms with Gasteiger partial charge in [0.25, 0.3) is 0 Å². The molecule has 0 heterocycles. The second-order valence-corrected chi connectivity index (χ2v) is 4.52. The van der Waals surface area contributed by atoms with Crippen molar-refractivity contribution < 1.29 is 9.53 Å². The highest BCUT2D eigenvalue weighted by Crippen LogP contribution is 2.28. The summed E-state index contributed by atoms with van der Waals surface area (Å²) in [6, 6.07) is 5.12. The van der Waals surface area contributed by atoms with Gasteiger partial charge in [-0.2, -0.15) is 0 Å². The van der Waals surface area contributed by atoms with Crippen molar-refractivity contribution in [3.05, 3.63) is 23.8 Å². The molecule has 0 amide bonds. The Labute approximate surface area is 96.6 Å². The number of carbonyl (C=O) groups excluding carboxylic acids is 1. The average molecular weight is 221 g/mol. The van der Waals surface area contributed by atoms with E-state index in [9.17, 15) is 4.79 Å². The predicted octanol–water partition coefficient (Wildman–Crippen LogP) is 3.04. The number of hydrogen-bond donors (Lipinski definition) is 1. The van der Waals surface area contributed by atoms with Crippen molar-refractivity contribution in [2.24, 2.45) is 0 Å². The monoisotopic (exact) mass is 221 g/mol. The van der Waals surface area contributed by atoms with Gasteiger partial charge in [0, 0.05) is 5.56 Å². The summed E-state index contributed by atoms with van der Waals surface area (Å²) in [5.41, 5.74) is 6.72. The van der Waals surface area contributed by atoms with Crippen LogP contribution in [0.15, 0.2) is 18.2 Å². The number of nitrogens with two attached hydrogens (primary N) is 1. The topological polar surface area (TPSA) is 52.3 Å². The van der Waals surface area contributed by atoms with Gasteiger partial charge in [-0.3, -0.25) is 4.79 Å². The molecule has 0 aromatic heterocycles. The molecule has 0 saturated heterocycles. The first-order valence-electron chi connectivity index (χ1n) is 5.45. The summed E-state index contributed by atoms with van der Waals surface area (Å²) in [4.78, 5) is 11.2. The van der Waals surface area contributed by atoms with Crippen LogP contribution in [0.4, 0.5) is 5.69 Å². The molecular formula is C13H19NO2. The lowest BCUT2D eigenvalue weighted by Crippen LogP contribution is -2.27. The van der Waals surface area contributed by atoms with Crippen LogP contribution in [-0.4, -0.2) is 11.4 Å². The molecule has 0 saturated carbocycles. The lowest BCUT2D eigenvalue weighted by molar-refractivity contribution is 0.0998. The number of carbonyl (C=O) groups is 1. The maximum Gasteiger partial charge on any atom is 0.159 e. The summed E-state index contributed by atoms with van der Waals surface area (Å²) in [6.45, 7) is 7.56. The van der Waals surface area contributed by atoms with E-state index in [-0.39, 0.29) is 11.4 Å².